The second-order valence-electron chi connectivity index (χ2n) is 11.9. The van der Waals surface area contributed by atoms with Crippen LogP contribution < -0.4 is 20.2 Å². The van der Waals surface area contributed by atoms with Crippen LogP contribution in [0.2, 0.25) is 0 Å². The van der Waals surface area contributed by atoms with Crippen LogP contribution in [-0.2, 0) is 16.0 Å². The lowest BCUT2D eigenvalue weighted by atomic mass is 9.86. The number of piperidine rings is 1. The molecule has 3 aromatic heterocycles. The Morgan fingerprint density at radius 2 is 1.88 bits per heavy atom. The summed E-state index contributed by atoms with van der Waals surface area (Å²) in [5.41, 5.74) is 0.318. The smallest absolute Gasteiger partial charge is 0.407 e. The van der Waals surface area contributed by atoms with Crippen LogP contribution in [-0.4, -0.2) is 69.6 Å². The van der Waals surface area contributed by atoms with Crippen LogP contribution in [0, 0.1) is 10.8 Å². The molecular formula is C28H41N9O5. The Morgan fingerprint density at radius 1 is 1.14 bits per heavy atom. The molecule has 228 valence electrons. The number of nitrogens with one attached hydrogen (secondary N) is 3. The third-order valence-electron chi connectivity index (χ3n) is 7.73. The quantitative estimate of drug-likeness (QED) is 0.255. The topological polar surface area (TPSA) is 181 Å². The molecule has 1 saturated heterocycles. The maximum absolute atomic E-state index is 12.2. The van der Waals surface area contributed by atoms with Crippen molar-refractivity contribution in [3.8, 4) is 0 Å². The predicted molar refractivity (Wildman–Crippen MR) is 156 cm³/mol. The second kappa shape index (κ2) is 13.4. The zero-order valence-corrected chi connectivity index (χ0v) is 24.7. The summed E-state index contributed by atoms with van der Waals surface area (Å²) in [4.78, 5) is 39.6. The number of anilines is 3. The van der Waals surface area contributed by atoms with Crippen LogP contribution in [0.3, 0.4) is 0 Å². The first-order chi connectivity index (χ1) is 19.7. The van der Waals surface area contributed by atoms with Gasteiger partial charge in [0.05, 0.1) is 12.2 Å². The van der Waals surface area contributed by atoms with Gasteiger partial charge in [-0.1, -0.05) is 0 Å². The van der Waals surface area contributed by atoms with E-state index in [0.717, 1.165) is 57.1 Å². The number of carbonyl (C=O) groups is 1. The van der Waals surface area contributed by atoms with Gasteiger partial charge in [-0.05, 0) is 70.5 Å². The molecule has 14 heteroatoms. The molecule has 3 aromatic rings. The van der Waals surface area contributed by atoms with E-state index in [4.69, 9.17) is 14.5 Å². The van der Waals surface area contributed by atoms with Gasteiger partial charge in [-0.15, -0.1) is 14.7 Å². The maximum Gasteiger partial charge on any atom is 0.407 e. The van der Waals surface area contributed by atoms with Crippen molar-refractivity contribution in [3.05, 3.63) is 29.4 Å². The fourth-order valence-electron chi connectivity index (χ4n) is 5.60. The number of hydrogen-bond donors (Lipinski definition) is 3. The first kappa shape index (κ1) is 31.0. The molecule has 0 bridgehead atoms. The molecule has 0 unspecified atom stereocenters. The van der Waals surface area contributed by atoms with E-state index < -0.39 is 5.60 Å². The molecule has 0 spiro atoms. The Morgan fingerprint density at radius 3 is 2.55 bits per heavy atom. The molecule has 2 fully saturated rings. The molecule has 0 radical (unpaired) electrons. The number of aromatic amines is 1. The van der Waals surface area contributed by atoms with Crippen LogP contribution in [0.1, 0.15) is 59.3 Å². The first-order valence-corrected chi connectivity index (χ1v) is 14.3. The maximum atomic E-state index is 12.2. The number of aromatic nitrogens is 5. The Balaban J connectivity index is 0.00000405. The fraction of sp³-hybridized carbons (Fsp3) is 0.607. The number of nitroso groups, excluding NO2 is 1. The van der Waals surface area contributed by atoms with E-state index in [1.165, 1.54) is 0 Å². The lowest BCUT2D eigenvalue weighted by Gasteiger charge is -2.31. The highest BCUT2D eigenvalue weighted by molar-refractivity contribution is 5.86. The average molecular weight is 584 g/mol. The van der Waals surface area contributed by atoms with Crippen LogP contribution >= 0.6 is 0 Å². The third-order valence-corrected chi connectivity index (χ3v) is 7.73. The minimum atomic E-state index is -0.517. The molecule has 1 aliphatic heterocycles. The number of amides is 1. The van der Waals surface area contributed by atoms with E-state index in [1.54, 1.807) is 19.5 Å². The average Bonchev–Trinajstić information content (AvgIpc) is 3.30. The summed E-state index contributed by atoms with van der Waals surface area (Å²) in [6.45, 7) is 7.96. The number of fused-ring (bicyclic) bond motifs is 1. The molecule has 2 aliphatic rings. The summed E-state index contributed by atoms with van der Waals surface area (Å²) >= 11 is 0. The molecular weight excluding hydrogens is 542 g/mol. The number of ether oxygens (including phenoxy) is 2. The Kier molecular flexibility index (Phi) is 9.89. The Labute approximate surface area is 244 Å². The molecule has 42 heavy (non-hydrogen) atoms. The lowest BCUT2D eigenvalue weighted by Crippen LogP contribution is -2.44. The summed E-state index contributed by atoms with van der Waals surface area (Å²) in [6.07, 6.45) is 8.82. The van der Waals surface area contributed by atoms with Gasteiger partial charge in [-0.2, -0.15) is 4.98 Å². The van der Waals surface area contributed by atoms with Gasteiger partial charge >= 0.3 is 6.09 Å². The van der Waals surface area contributed by atoms with Gasteiger partial charge in [-0.3, -0.25) is 0 Å². The number of hydrogen-bond acceptors (Lipinski definition) is 11. The number of rotatable bonds is 8. The zero-order valence-electron chi connectivity index (χ0n) is 24.7. The molecule has 0 aromatic carbocycles. The van der Waals surface area contributed by atoms with Crippen molar-refractivity contribution in [2.75, 3.05) is 30.4 Å². The van der Waals surface area contributed by atoms with Crippen molar-refractivity contribution < 1.29 is 24.4 Å². The van der Waals surface area contributed by atoms with Crippen LogP contribution in [0.5, 0.6) is 0 Å². The Bertz CT molecular complexity index is 1360. The van der Waals surface area contributed by atoms with Gasteiger partial charge in [0.2, 0.25) is 17.3 Å². The molecule has 5 rings (SSSR count). The van der Waals surface area contributed by atoms with Gasteiger partial charge in [0.15, 0.2) is 6.54 Å². The number of alkyl carbamates (subject to hydrolysis) is 1. The van der Waals surface area contributed by atoms with E-state index in [1.807, 2.05) is 37.6 Å². The van der Waals surface area contributed by atoms with E-state index in [9.17, 15) is 9.70 Å². The van der Waals surface area contributed by atoms with Gasteiger partial charge < -0.3 is 30.5 Å². The van der Waals surface area contributed by atoms with Crippen LogP contribution in [0.4, 0.5) is 28.2 Å². The molecule has 1 amide bonds. The fourth-order valence-corrected chi connectivity index (χ4v) is 5.60. The van der Waals surface area contributed by atoms with Gasteiger partial charge in [0.1, 0.15) is 22.6 Å². The Hall–Kier alpha value is -3.91. The van der Waals surface area contributed by atoms with E-state index in [-0.39, 0.29) is 29.5 Å². The van der Waals surface area contributed by atoms with Gasteiger partial charge in [0.25, 0.3) is 0 Å². The molecule has 0 atom stereocenters. The molecule has 4 heterocycles. The van der Waals surface area contributed by atoms with Crippen molar-refractivity contribution in [1.82, 2.24) is 25.4 Å². The predicted octanol–water partition coefficient (Wildman–Crippen LogP) is 4.30. The zero-order chi connectivity index (χ0) is 29.0. The largest absolute Gasteiger partial charge is 0.870 e. The number of H-pyrrole nitrogens is 1. The number of pyridine rings is 1. The van der Waals surface area contributed by atoms with Gasteiger partial charge in [0, 0.05) is 44.6 Å². The lowest BCUT2D eigenvalue weighted by molar-refractivity contribution is -0.732. The summed E-state index contributed by atoms with van der Waals surface area (Å²) in [6, 6.07) is 3.81. The van der Waals surface area contributed by atoms with E-state index >= 15 is 0 Å². The van der Waals surface area contributed by atoms with Crippen molar-refractivity contribution in [3.63, 3.8) is 0 Å². The minimum absolute atomic E-state index is 0. The summed E-state index contributed by atoms with van der Waals surface area (Å²) in [5.74, 6) is 2.56. The van der Waals surface area contributed by atoms with Crippen molar-refractivity contribution in [2.24, 2.45) is 11.1 Å². The standard InChI is InChI=1S/C28H39N9O4.H2O/c1-28(2,3)41-27(38)31-19-7-5-18(6-8-19)17-37-22-15-24(30-16-21(22)25(34-37)35-39)32-23-9-12-29-26(33-23)36-13-10-20(40-4)11-14-36;/h9,12,15-16,18-20H,5-8,10-11,13-14,17H2,1-4H3,(H2,29,30,31,32,33,34,38);1H2. The van der Waals surface area contributed by atoms with Crippen LogP contribution in [0.25, 0.3) is 10.9 Å². The molecule has 1 aliphatic carbocycles. The van der Waals surface area contributed by atoms with E-state index in [0.29, 0.717) is 35.4 Å². The highest BCUT2D eigenvalue weighted by atomic mass is 16.6. The molecule has 14 nitrogen and oxygen atoms in total. The second-order valence-corrected chi connectivity index (χ2v) is 11.9. The number of methoxy groups -OCH3 is 1. The van der Waals surface area contributed by atoms with Crippen molar-refractivity contribution >= 4 is 40.4 Å². The summed E-state index contributed by atoms with van der Waals surface area (Å²) < 4.78 is 12.8. The van der Waals surface area contributed by atoms with Gasteiger partial charge in [-0.25, -0.2) is 14.8 Å². The molecule has 1 saturated carbocycles. The number of carbonyl (C=O) groups excluding carboxylic acids is 1. The SMILES string of the molecule is COC1CCN(c2nccc(Nc3cc4c(cn3)c(N=O)[nH][n+]4CC3CCC(NC(=O)OC(C)(C)C)CC3)n2)CC1.[OH-]. The minimum Gasteiger partial charge on any atom is -0.870 e. The highest BCUT2D eigenvalue weighted by Gasteiger charge is 2.29. The normalized spacial score (nSPS) is 19.7. The summed E-state index contributed by atoms with van der Waals surface area (Å²) in [5, 5.41) is 13.3. The summed E-state index contributed by atoms with van der Waals surface area (Å²) in [7, 11) is 1.75. The third kappa shape index (κ3) is 7.68. The van der Waals surface area contributed by atoms with Crippen molar-refractivity contribution in [1.29, 1.82) is 0 Å². The number of nitrogens with zero attached hydrogens (tertiary/aromatic N) is 6. The first-order valence-electron chi connectivity index (χ1n) is 14.3. The van der Waals surface area contributed by atoms with E-state index in [2.05, 4.69) is 35.8 Å². The molecule has 4 N–H and O–H groups in total. The van der Waals surface area contributed by atoms with Crippen molar-refractivity contribution in [2.45, 2.75) is 83.6 Å². The highest BCUT2D eigenvalue weighted by Crippen LogP contribution is 2.28. The van der Waals surface area contributed by atoms with Crippen LogP contribution in [0.15, 0.2) is 29.7 Å². The monoisotopic (exact) mass is 583 g/mol.